The lowest BCUT2D eigenvalue weighted by Crippen LogP contribution is -2.42. The van der Waals surface area contributed by atoms with Crippen LogP contribution in [0.15, 0.2) is 24.3 Å². The minimum atomic E-state index is -1.75. The van der Waals surface area contributed by atoms with Crippen molar-refractivity contribution in [2.24, 2.45) is 0 Å². The van der Waals surface area contributed by atoms with Gasteiger partial charge in [-0.25, -0.2) is 8.78 Å². The lowest BCUT2D eigenvalue weighted by Gasteiger charge is -2.32. The topological polar surface area (TPSA) is 38.3 Å². The molecule has 1 aliphatic rings. The van der Waals surface area contributed by atoms with Crippen molar-refractivity contribution in [1.29, 1.82) is 0 Å². The van der Waals surface area contributed by atoms with Crippen LogP contribution in [0.4, 0.5) is 8.78 Å². The molecule has 0 fully saturated rings. The van der Waals surface area contributed by atoms with Crippen molar-refractivity contribution in [3.8, 4) is 5.75 Å². The molecule has 3 nitrogen and oxygen atoms in total. The second-order valence-electron chi connectivity index (χ2n) is 4.21. The van der Waals surface area contributed by atoms with Crippen LogP contribution >= 0.6 is 11.6 Å². The number of fused-ring (bicyclic) bond motifs is 1. The summed E-state index contributed by atoms with van der Waals surface area (Å²) in [5.41, 5.74) is -1.17. The number of likely N-dealkylation sites (N-methyl/N-ethyl adjacent to an activating group) is 1. The summed E-state index contributed by atoms with van der Waals surface area (Å²) in [6.07, 6.45) is 1.17. The molecular weight excluding hydrogens is 276 g/mol. The third kappa shape index (κ3) is 2.42. The Kier molecular flexibility index (Phi) is 3.75. The molecule has 0 unspecified atom stereocenters. The molecule has 0 saturated carbocycles. The maximum absolute atomic E-state index is 13.1. The second-order valence-corrected chi connectivity index (χ2v) is 4.65. The molecule has 1 aromatic rings. The largest absolute Gasteiger partial charge is 0.477 e. The van der Waals surface area contributed by atoms with Gasteiger partial charge in [-0.2, -0.15) is 0 Å². The Morgan fingerprint density at radius 2 is 2.11 bits per heavy atom. The number of rotatable bonds is 3. The summed E-state index contributed by atoms with van der Waals surface area (Å²) in [6, 6.07) is 4.56. The zero-order valence-corrected chi connectivity index (χ0v) is 10.9. The van der Waals surface area contributed by atoms with Crippen LogP contribution in [0.5, 0.6) is 5.75 Å². The Labute approximate surface area is 114 Å². The summed E-state index contributed by atoms with van der Waals surface area (Å²) in [6.45, 7) is -2.13. The number of ether oxygens (including phenoxy) is 1. The quantitative estimate of drug-likeness (QED) is 0.928. The number of alkyl halides is 2. The van der Waals surface area contributed by atoms with E-state index in [2.05, 4.69) is 5.32 Å². The van der Waals surface area contributed by atoms with Crippen molar-refractivity contribution >= 4 is 23.1 Å². The van der Waals surface area contributed by atoms with Gasteiger partial charge in [-0.15, -0.1) is 0 Å². The van der Waals surface area contributed by atoms with Gasteiger partial charge in [0.05, 0.1) is 5.57 Å². The minimum absolute atomic E-state index is 0.154. The third-order valence-electron chi connectivity index (χ3n) is 2.88. The number of benzene rings is 1. The predicted octanol–water partition coefficient (Wildman–Crippen LogP) is 2.54. The summed E-state index contributed by atoms with van der Waals surface area (Å²) >= 11 is 5.87. The van der Waals surface area contributed by atoms with E-state index in [0.717, 1.165) is 0 Å². The van der Waals surface area contributed by atoms with Gasteiger partial charge in [0.25, 0.3) is 5.91 Å². The number of amides is 1. The molecular formula is C13H12ClF2NO2. The van der Waals surface area contributed by atoms with Gasteiger partial charge in [0.2, 0.25) is 0 Å². The zero-order chi connectivity index (χ0) is 14.0. The van der Waals surface area contributed by atoms with Crippen LogP contribution in [-0.4, -0.2) is 31.9 Å². The van der Waals surface area contributed by atoms with Crippen molar-refractivity contribution in [2.45, 2.75) is 5.60 Å². The first-order valence-electron chi connectivity index (χ1n) is 5.61. The van der Waals surface area contributed by atoms with E-state index in [1.807, 2.05) is 0 Å². The number of carbonyl (C=O) groups excluding carboxylic acids is 1. The van der Waals surface area contributed by atoms with Crippen molar-refractivity contribution < 1.29 is 18.3 Å². The van der Waals surface area contributed by atoms with Gasteiger partial charge in [0.15, 0.2) is 5.60 Å². The van der Waals surface area contributed by atoms with Gasteiger partial charge in [-0.05, 0) is 24.3 Å². The Morgan fingerprint density at radius 1 is 1.42 bits per heavy atom. The summed E-state index contributed by atoms with van der Waals surface area (Å²) in [4.78, 5) is 11.8. The van der Waals surface area contributed by atoms with Gasteiger partial charge < -0.3 is 10.1 Å². The molecule has 0 bridgehead atoms. The Hall–Kier alpha value is -1.62. The van der Waals surface area contributed by atoms with Gasteiger partial charge in [0, 0.05) is 17.6 Å². The van der Waals surface area contributed by atoms with E-state index in [4.69, 9.17) is 16.3 Å². The fourth-order valence-corrected chi connectivity index (χ4v) is 2.05. The van der Waals surface area contributed by atoms with E-state index in [-0.39, 0.29) is 11.3 Å². The molecule has 2 rings (SSSR count). The fraction of sp³-hybridized carbons (Fsp3) is 0.308. The van der Waals surface area contributed by atoms with Crippen LogP contribution in [0.2, 0.25) is 5.02 Å². The van der Waals surface area contributed by atoms with Crippen molar-refractivity contribution in [2.75, 3.05) is 20.4 Å². The fourth-order valence-electron chi connectivity index (χ4n) is 1.88. The highest BCUT2D eigenvalue weighted by molar-refractivity contribution is 6.31. The van der Waals surface area contributed by atoms with Crippen LogP contribution in [0, 0.1) is 0 Å². The van der Waals surface area contributed by atoms with Crippen molar-refractivity contribution in [3.63, 3.8) is 0 Å². The molecule has 0 aromatic heterocycles. The van der Waals surface area contributed by atoms with Crippen LogP contribution < -0.4 is 10.1 Å². The molecule has 0 spiro atoms. The highest BCUT2D eigenvalue weighted by atomic mass is 35.5. The molecule has 0 saturated heterocycles. The zero-order valence-electron chi connectivity index (χ0n) is 10.2. The maximum Gasteiger partial charge on any atom is 0.251 e. The number of hydrogen-bond acceptors (Lipinski definition) is 2. The number of carbonyl (C=O) groups is 1. The van der Waals surface area contributed by atoms with Gasteiger partial charge in [-0.1, -0.05) is 11.6 Å². The Bertz CT molecular complexity index is 541. The predicted molar refractivity (Wildman–Crippen MR) is 68.8 cm³/mol. The van der Waals surface area contributed by atoms with E-state index >= 15 is 0 Å². The average molecular weight is 288 g/mol. The highest BCUT2D eigenvalue weighted by Gasteiger charge is 2.37. The minimum Gasteiger partial charge on any atom is -0.477 e. The molecule has 1 aromatic carbocycles. The van der Waals surface area contributed by atoms with Crippen molar-refractivity contribution in [3.05, 3.63) is 34.9 Å². The standard InChI is InChI=1S/C13H12ClF2NO2/c1-17-12(18)10-5-13(6-15,7-16)19-11-3-2-8(14)4-9(10)11/h2-5H,6-7H2,1H3,(H,17,18). The van der Waals surface area contributed by atoms with E-state index in [9.17, 15) is 13.6 Å². The maximum atomic E-state index is 13.1. The normalized spacial score (nSPS) is 16.1. The first-order valence-corrected chi connectivity index (χ1v) is 5.99. The SMILES string of the molecule is CNC(=O)C1=CC(CF)(CF)Oc2ccc(Cl)cc21. The smallest absolute Gasteiger partial charge is 0.251 e. The van der Waals surface area contributed by atoms with E-state index in [1.54, 1.807) is 0 Å². The van der Waals surface area contributed by atoms with E-state index < -0.39 is 24.9 Å². The summed E-state index contributed by atoms with van der Waals surface area (Å²) in [5, 5.41) is 2.84. The van der Waals surface area contributed by atoms with Crippen molar-refractivity contribution in [1.82, 2.24) is 5.32 Å². The molecule has 6 heteroatoms. The first kappa shape index (κ1) is 13.8. The van der Waals surface area contributed by atoms with Crippen LogP contribution in [0.1, 0.15) is 5.56 Å². The van der Waals surface area contributed by atoms with Crippen LogP contribution in [-0.2, 0) is 4.79 Å². The van der Waals surface area contributed by atoms with Gasteiger partial charge >= 0.3 is 0 Å². The van der Waals surface area contributed by atoms with Crippen LogP contribution in [0.3, 0.4) is 0 Å². The summed E-state index contributed by atoms with van der Waals surface area (Å²) in [5.74, 6) is -0.209. The first-order chi connectivity index (χ1) is 9.05. The summed E-state index contributed by atoms with van der Waals surface area (Å²) in [7, 11) is 1.44. The molecule has 1 N–H and O–H groups in total. The molecule has 19 heavy (non-hydrogen) atoms. The molecule has 0 aliphatic carbocycles. The number of hydrogen-bond donors (Lipinski definition) is 1. The molecule has 0 atom stereocenters. The highest BCUT2D eigenvalue weighted by Crippen LogP contribution is 2.38. The lowest BCUT2D eigenvalue weighted by molar-refractivity contribution is -0.115. The molecule has 1 aliphatic heterocycles. The monoisotopic (exact) mass is 287 g/mol. The Balaban J connectivity index is 2.60. The Morgan fingerprint density at radius 3 is 2.68 bits per heavy atom. The van der Waals surface area contributed by atoms with Crippen LogP contribution in [0.25, 0.3) is 5.57 Å². The molecule has 0 radical (unpaired) electrons. The number of nitrogens with one attached hydrogen (secondary N) is 1. The molecule has 1 heterocycles. The van der Waals surface area contributed by atoms with E-state index in [0.29, 0.717) is 10.6 Å². The molecule has 1 amide bonds. The molecule has 102 valence electrons. The van der Waals surface area contributed by atoms with Gasteiger partial charge in [0.1, 0.15) is 19.1 Å². The third-order valence-corrected chi connectivity index (χ3v) is 3.11. The number of halogens is 3. The summed E-state index contributed by atoms with van der Waals surface area (Å²) < 4.78 is 31.5. The lowest BCUT2D eigenvalue weighted by atomic mass is 9.93. The average Bonchev–Trinajstić information content (AvgIpc) is 2.45. The van der Waals surface area contributed by atoms with Gasteiger partial charge in [-0.3, -0.25) is 4.79 Å². The second kappa shape index (κ2) is 5.17. The van der Waals surface area contributed by atoms with E-state index in [1.165, 1.54) is 31.3 Å².